The molecular weight excluding hydrogens is 198 g/mol. The Kier molecular flexibility index (Phi) is 4.65. The number of benzene rings is 1. The van der Waals surface area contributed by atoms with Gasteiger partial charge in [0.15, 0.2) is 0 Å². The predicted octanol–water partition coefficient (Wildman–Crippen LogP) is 3.70. The third kappa shape index (κ3) is 3.81. The van der Waals surface area contributed by atoms with Crippen molar-refractivity contribution in [1.82, 2.24) is 5.32 Å². The van der Waals surface area contributed by atoms with Gasteiger partial charge in [-0.15, -0.1) is 0 Å². The van der Waals surface area contributed by atoms with Crippen LogP contribution < -0.4 is 5.32 Å². The van der Waals surface area contributed by atoms with E-state index >= 15 is 0 Å². The van der Waals surface area contributed by atoms with Crippen molar-refractivity contribution >= 4 is 0 Å². The summed E-state index contributed by atoms with van der Waals surface area (Å²) in [7, 11) is 0. The van der Waals surface area contributed by atoms with Crippen LogP contribution in [0.2, 0.25) is 0 Å². The van der Waals surface area contributed by atoms with Gasteiger partial charge in [0.1, 0.15) is 0 Å². The van der Waals surface area contributed by atoms with Gasteiger partial charge in [0.2, 0.25) is 0 Å². The van der Waals surface area contributed by atoms with E-state index in [9.17, 15) is 5.11 Å². The monoisotopic (exact) mass is 217 g/mol. The average Bonchev–Trinajstić information content (AvgIpc) is 2.28. The number of hydrogen-bond acceptors (Lipinski definition) is 2. The molecule has 1 atom stereocenters. The van der Waals surface area contributed by atoms with Crippen molar-refractivity contribution in [2.75, 3.05) is 0 Å². The van der Waals surface area contributed by atoms with E-state index in [-0.39, 0.29) is 11.8 Å². The maximum absolute atomic E-state index is 9.32. The molecule has 0 aliphatic heterocycles. The minimum Gasteiger partial charge on any atom is -0.513 e. The van der Waals surface area contributed by atoms with Crippen molar-refractivity contribution in [2.45, 2.75) is 26.3 Å². The third-order valence-electron chi connectivity index (χ3n) is 2.48. The molecule has 1 aromatic carbocycles. The Labute approximate surface area is 97.3 Å². The molecule has 1 unspecified atom stereocenters. The number of hydrogen-bond donors (Lipinski definition) is 2. The number of aliphatic hydroxyl groups excluding tert-OH is 1. The summed E-state index contributed by atoms with van der Waals surface area (Å²) in [5, 5.41) is 12.7. The summed E-state index contributed by atoms with van der Waals surface area (Å²) in [6.07, 6.45) is 2.53. The molecule has 0 fully saturated rings. The molecule has 0 aromatic heterocycles. The first kappa shape index (κ1) is 12.4. The topological polar surface area (TPSA) is 32.3 Å². The SMILES string of the molecule is C=C(O)CC(N/C(C)=C\C)c1ccccc1. The minimum atomic E-state index is 0.0786. The van der Waals surface area contributed by atoms with Crippen LogP contribution in [-0.2, 0) is 0 Å². The predicted molar refractivity (Wildman–Crippen MR) is 68.1 cm³/mol. The Hall–Kier alpha value is -1.70. The van der Waals surface area contributed by atoms with E-state index in [1.807, 2.05) is 50.3 Å². The molecule has 86 valence electrons. The summed E-state index contributed by atoms with van der Waals surface area (Å²) in [4.78, 5) is 0. The highest BCUT2D eigenvalue weighted by molar-refractivity contribution is 5.21. The summed E-state index contributed by atoms with van der Waals surface area (Å²) >= 11 is 0. The Morgan fingerprint density at radius 1 is 1.44 bits per heavy atom. The van der Waals surface area contributed by atoms with Crippen molar-refractivity contribution in [1.29, 1.82) is 0 Å². The fraction of sp³-hybridized carbons (Fsp3) is 0.286. The van der Waals surface area contributed by atoms with Crippen LogP contribution in [-0.4, -0.2) is 5.11 Å². The molecule has 0 bridgehead atoms. The van der Waals surface area contributed by atoms with Gasteiger partial charge in [-0.1, -0.05) is 43.0 Å². The smallest absolute Gasteiger partial charge is 0.0875 e. The van der Waals surface area contributed by atoms with Crippen LogP contribution in [0.5, 0.6) is 0 Å². The van der Waals surface area contributed by atoms with Crippen molar-refractivity contribution < 1.29 is 5.11 Å². The second kappa shape index (κ2) is 6.01. The first-order valence-corrected chi connectivity index (χ1v) is 5.44. The Bertz CT molecular complexity index is 368. The lowest BCUT2D eigenvalue weighted by Crippen LogP contribution is -2.19. The quantitative estimate of drug-likeness (QED) is 0.737. The number of nitrogens with one attached hydrogen (secondary N) is 1. The summed E-state index contributed by atoms with van der Waals surface area (Å²) < 4.78 is 0. The Morgan fingerprint density at radius 2 is 2.06 bits per heavy atom. The van der Waals surface area contributed by atoms with E-state index in [4.69, 9.17) is 0 Å². The summed E-state index contributed by atoms with van der Waals surface area (Å²) in [6, 6.07) is 10.1. The first-order valence-electron chi connectivity index (χ1n) is 5.44. The zero-order chi connectivity index (χ0) is 12.0. The fourth-order valence-electron chi connectivity index (χ4n) is 1.53. The highest BCUT2D eigenvalue weighted by Gasteiger charge is 2.11. The number of aliphatic hydroxyl groups is 1. The molecule has 2 heteroatoms. The maximum Gasteiger partial charge on any atom is 0.0875 e. The summed E-state index contributed by atoms with van der Waals surface area (Å²) in [6.45, 7) is 7.54. The molecule has 0 heterocycles. The third-order valence-corrected chi connectivity index (χ3v) is 2.48. The van der Waals surface area contributed by atoms with Gasteiger partial charge in [0.25, 0.3) is 0 Å². The van der Waals surface area contributed by atoms with Crippen LogP contribution in [0, 0.1) is 0 Å². The van der Waals surface area contributed by atoms with Gasteiger partial charge >= 0.3 is 0 Å². The van der Waals surface area contributed by atoms with Crippen molar-refractivity contribution in [2.24, 2.45) is 0 Å². The molecule has 0 radical (unpaired) electrons. The normalized spacial score (nSPS) is 13.2. The van der Waals surface area contributed by atoms with E-state index in [1.54, 1.807) is 0 Å². The molecule has 2 N–H and O–H groups in total. The lowest BCUT2D eigenvalue weighted by atomic mass is 10.0. The van der Waals surface area contributed by atoms with Crippen LogP contribution >= 0.6 is 0 Å². The molecule has 2 nitrogen and oxygen atoms in total. The van der Waals surface area contributed by atoms with Gasteiger partial charge in [-0.25, -0.2) is 0 Å². The van der Waals surface area contributed by atoms with Crippen molar-refractivity contribution in [3.05, 3.63) is 60.0 Å². The van der Waals surface area contributed by atoms with Crippen LogP contribution in [0.25, 0.3) is 0 Å². The van der Waals surface area contributed by atoms with E-state index in [0.29, 0.717) is 6.42 Å². The zero-order valence-corrected chi connectivity index (χ0v) is 9.90. The minimum absolute atomic E-state index is 0.0786. The van der Waals surface area contributed by atoms with E-state index in [2.05, 4.69) is 11.9 Å². The molecule has 0 amide bonds. The Balaban J connectivity index is 2.83. The molecule has 0 aliphatic carbocycles. The maximum atomic E-state index is 9.32. The number of allylic oxidation sites excluding steroid dienone is 2. The van der Waals surface area contributed by atoms with Crippen LogP contribution in [0.15, 0.2) is 54.4 Å². The second-order valence-corrected chi connectivity index (χ2v) is 3.85. The summed E-state index contributed by atoms with van der Waals surface area (Å²) in [5.41, 5.74) is 2.24. The van der Waals surface area contributed by atoms with Gasteiger partial charge in [0, 0.05) is 12.1 Å². The van der Waals surface area contributed by atoms with Crippen LogP contribution in [0.4, 0.5) is 0 Å². The average molecular weight is 217 g/mol. The van der Waals surface area contributed by atoms with Gasteiger partial charge < -0.3 is 10.4 Å². The second-order valence-electron chi connectivity index (χ2n) is 3.85. The molecule has 0 saturated heterocycles. The summed E-state index contributed by atoms with van der Waals surface area (Å²) in [5.74, 6) is 0.199. The highest BCUT2D eigenvalue weighted by Crippen LogP contribution is 2.20. The lowest BCUT2D eigenvalue weighted by Gasteiger charge is -2.20. The van der Waals surface area contributed by atoms with Gasteiger partial charge in [-0.2, -0.15) is 0 Å². The standard InChI is InChI=1S/C14H19NO/c1-4-11(2)15-14(10-12(3)16)13-8-6-5-7-9-13/h4-9,14-16H,3,10H2,1-2H3/b11-4-. The van der Waals surface area contributed by atoms with E-state index in [1.165, 1.54) is 0 Å². The van der Waals surface area contributed by atoms with Crippen LogP contribution in [0.1, 0.15) is 31.9 Å². The van der Waals surface area contributed by atoms with E-state index < -0.39 is 0 Å². The zero-order valence-electron chi connectivity index (χ0n) is 9.90. The molecular formula is C14H19NO. The molecule has 16 heavy (non-hydrogen) atoms. The largest absolute Gasteiger partial charge is 0.513 e. The van der Waals surface area contributed by atoms with Gasteiger partial charge in [-0.3, -0.25) is 0 Å². The molecule has 0 saturated carbocycles. The van der Waals surface area contributed by atoms with Crippen LogP contribution in [0.3, 0.4) is 0 Å². The van der Waals surface area contributed by atoms with Crippen molar-refractivity contribution in [3.63, 3.8) is 0 Å². The number of rotatable bonds is 5. The molecule has 0 aliphatic rings. The molecule has 1 rings (SSSR count). The van der Waals surface area contributed by atoms with Gasteiger partial charge in [-0.05, 0) is 19.4 Å². The Morgan fingerprint density at radius 3 is 2.56 bits per heavy atom. The molecule has 1 aromatic rings. The lowest BCUT2D eigenvalue weighted by molar-refractivity contribution is 0.367. The fourth-order valence-corrected chi connectivity index (χ4v) is 1.53. The van der Waals surface area contributed by atoms with Gasteiger partial charge in [0.05, 0.1) is 11.8 Å². The van der Waals surface area contributed by atoms with Crippen molar-refractivity contribution in [3.8, 4) is 0 Å². The highest BCUT2D eigenvalue weighted by atomic mass is 16.3. The first-order chi connectivity index (χ1) is 7.63. The van der Waals surface area contributed by atoms with E-state index in [0.717, 1.165) is 11.3 Å². The molecule has 0 spiro atoms.